The van der Waals surface area contributed by atoms with Gasteiger partial charge in [0.05, 0.1) is 0 Å². The molecule has 2 N–H and O–H groups in total. The van der Waals surface area contributed by atoms with Gasteiger partial charge in [0.2, 0.25) is 0 Å². The molecule has 0 aliphatic carbocycles. The molecule has 0 saturated carbocycles. The summed E-state index contributed by atoms with van der Waals surface area (Å²) in [7, 11) is -1.82. The van der Waals surface area contributed by atoms with Crippen molar-refractivity contribution in [3.63, 3.8) is 0 Å². The molecule has 86 valence electrons. The smallest absolute Gasteiger partial charge is 0.479 e. The Balaban J connectivity index is 2.73. The Morgan fingerprint density at radius 3 is 2.88 bits per heavy atom. The molecule has 0 spiro atoms. The number of hydrogen-bond donors (Lipinski definition) is 2. The summed E-state index contributed by atoms with van der Waals surface area (Å²) in [6.07, 6.45) is 1.25. The van der Waals surface area contributed by atoms with E-state index >= 15 is 0 Å². The van der Waals surface area contributed by atoms with Gasteiger partial charge in [-0.1, -0.05) is 18.2 Å². The third-order valence-corrected chi connectivity index (χ3v) is 1.96. The first kappa shape index (κ1) is 12.7. The van der Waals surface area contributed by atoms with E-state index in [1.165, 1.54) is 24.6 Å². The maximum Gasteiger partial charge on any atom is 0.491 e. The largest absolute Gasteiger partial charge is 0.491 e. The Morgan fingerprint density at radius 1 is 1.50 bits per heavy atom. The lowest BCUT2D eigenvalue weighted by Gasteiger charge is -2.06. The van der Waals surface area contributed by atoms with Crippen LogP contribution >= 0.6 is 0 Å². The highest BCUT2D eigenvalue weighted by molar-refractivity contribution is 6.58. The van der Waals surface area contributed by atoms with Crippen molar-refractivity contribution >= 4 is 19.0 Å². The maximum atomic E-state index is 13.6. The minimum Gasteiger partial charge on any atom is -0.479 e. The SMILES string of the molecule is CCN=COCc1cccc(B(O)O)c1F. The van der Waals surface area contributed by atoms with Gasteiger partial charge in [0, 0.05) is 17.6 Å². The second kappa shape index (κ2) is 6.24. The normalized spacial score (nSPS) is 10.8. The number of hydrogen-bond acceptors (Lipinski definition) is 4. The highest BCUT2D eigenvalue weighted by atomic mass is 19.1. The molecule has 0 saturated heterocycles. The number of rotatable bonds is 5. The Bertz CT molecular complexity index is 371. The summed E-state index contributed by atoms with van der Waals surface area (Å²) in [5.41, 5.74) is 0.0988. The van der Waals surface area contributed by atoms with Gasteiger partial charge in [0.15, 0.2) is 6.40 Å². The molecule has 0 aromatic heterocycles. The first-order valence-corrected chi connectivity index (χ1v) is 4.90. The number of halogens is 1. The summed E-state index contributed by atoms with van der Waals surface area (Å²) in [4.78, 5) is 3.81. The highest BCUT2D eigenvalue weighted by Crippen LogP contribution is 2.06. The van der Waals surface area contributed by atoms with E-state index in [1.807, 2.05) is 6.92 Å². The van der Waals surface area contributed by atoms with Gasteiger partial charge in [0.1, 0.15) is 12.4 Å². The third kappa shape index (κ3) is 3.32. The van der Waals surface area contributed by atoms with Crippen LogP contribution in [-0.2, 0) is 11.3 Å². The molecule has 6 heteroatoms. The van der Waals surface area contributed by atoms with Crippen molar-refractivity contribution in [2.24, 2.45) is 4.99 Å². The molecular weight excluding hydrogens is 212 g/mol. The van der Waals surface area contributed by atoms with Crippen LogP contribution in [0.25, 0.3) is 0 Å². The maximum absolute atomic E-state index is 13.6. The number of nitrogens with zero attached hydrogens (tertiary/aromatic N) is 1. The van der Waals surface area contributed by atoms with Crippen molar-refractivity contribution in [2.45, 2.75) is 13.5 Å². The standard InChI is InChI=1S/C10H13BFNO3/c1-2-13-7-16-6-8-4-3-5-9(10(8)12)11(14)15/h3-5,7,14-15H,2,6H2,1H3. The van der Waals surface area contributed by atoms with Crippen LogP contribution in [-0.4, -0.2) is 30.1 Å². The molecule has 1 aromatic rings. The fraction of sp³-hybridized carbons (Fsp3) is 0.300. The second-order valence-electron chi connectivity index (χ2n) is 3.11. The molecule has 16 heavy (non-hydrogen) atoms. The van der Waals surface area contributed by atoms with Crippen LogP contribution in [0.2, 0.25) is 0 Å². The minimum atomic E-state index is -1.82. The molecule has 0 amide bonds. The number of ether oxygens (including phenoxy) is 1. The van der Waals surface area contributed by atoms with Gasteiger partial charge in [-0.2, -0.15) is 0 Å². The van der Waals surface area contributed by atoms with Crippen LogP contribution in [0.1, 0.15) is 12.5 Å². The average Bonchev–Trinajstić information content (AvgIpc) is 2.26. The summed E-state index contributed by atoms with van der Waals surface area (Å²) >= 11 is 0. The van der Waals surface area contributed by atoms with Gasteiger partial charge in [-0.25, -0.2) is 4.39 Å². The van der Waals surface area contributed by atoms with Crippen molar-refractivity contribution in [3.05, 3.63) is 29.6 Å². The van der Waals surface area contributed by atoms with Crippen molar-refractivity contribution in [1.29, 1.82) is 0 Å². The summed E-state index contributed by atoms with van der Waals surface area (Å²) in [6.45, 7) is 2.46. The van der Waals surface area contributed by atoms with Crippen molar-refractivity contribution in [1.82, 2.24) is 0 Å². The zero-order valence-corrected chi connectivity index (χ0v) is 8.93. The van der Waals surface area contributed by atoms with E-state index < -0.39 is 12.9 Å². The van der Waals surface area contributed by atoms with E-state index in [2.05, 4.69) is 4.99 Å². The molecule has 1 rings (SSSR count). The molecule has 0 bridgehead atoms. The van der Waals surface area contributed by atoms with Gasteiger partial charge in [-0.15, -0.1) is 0 Å². The van der Waals surface area contributed by atoms with Crippen LogP contribution in [0.15, 0.2) is 23.2 Å². The molecule has 0 unspecified atom stereocenters. The monoisotopic (exact) mass is 225 g/mol. The van der Waals surface area contributed by atoms with Crippen LogP contribution < -0.4 is 5.46 Å². The molecular formula is C10H13BFNO3. The quantitative estimate of drug-likeness (QED) is 0.423. The lowest BCUT2D eigenvalue weighted by molar-refractivity contribution is 0.300. The van der Waals surface area contributed by atoms with E-state index in [4.69, 9.17) is 14.8 Å². The Morgan fingerprint density at radius 2 is 2.25 bits per heavy atom. The highest BCUT2D eigenvalue weighted by Gasteiger charge is 2.18. The zero-order valence-electron chi connectivity index (χ0n) is 8.93. The number of aliphatic imine (C=N–C) groups is 1. The van der Waals surface area contributed by atoms with Gasteiger partial charge in [0.25, 0.3) is 0 Å². The zero-order chi connectivity index (χ0) is 12.0. The first-order valence-electron chi connectivity index (χ1n) is 4.90. The fourth-order valence-corrected chi connectivity index (χ4v) is 1.16. The molecule has 0 heterocycles. The van der Waals surface area contributed by atoms with Gasteiger partial charge in [-0.3, -0.25) is 4.99 Å². The fourth-order valence-electron chi connectivity index (χ4n) is 1.16. The third-order valence-electron chi connectivity index (χ3n) is 1.96. The topological polar surface area (TPSA) is 62.0 Å². The molecule has 0 atom stereocenters. The second-order valence-corrected chi connectivity index (χ2v) is 3.11. The molecule has 4 nitrogen and oxygen atoms in total. The predicted octanol–water partition coefficient (Wildman–Crippen LogP) is 0.0703. The van der Waals surface area contributed by atoms with Crippen molar-refractivity contribution in [2.75, 3.05) is 6.54 Å². The van der Waals surface area contributed by atoms with Crippen molar-refractivity contribution < 1.29 is 19.2 Å². The predicted molar refractivity (Wildman–Crippen MR) is 60.0 cm³/mol. The number of benzene rings is 1. The molecule has 0 aliphatic rings. The summed E-state index contributed by atoms with van der Waals surface area (Å²) in [5, 5.41) is 17.8. The van der Waals surface area contributed by atoms with Crippen molar-refractivity contribution in [3.8, 4) is 0 Å². The summed E-state index contributed by atoms with van der Waals surface area (Å²) in [6, 6.07) is 4.36. The van der Waals surface area contributed by atoms with Gasteiger partial charge >= 0.3 is 7.12 Å². The van der Waals surface area contributed by atoms with E-state index in [9.17, 15) is 4.39 Å². The van der Waals surface area contributed by atoms with Crippen LogP contribution in [0.5, 0.6) is 0 Å². The Labute approximate surface area is 93.5 Å². The minimum absolute atomic E-state index is 0.00981. The Kier molecular flexibility index (Phi) is 4.95. The Hall–Kier alpha value is -1.40. The van der Waals surface area contributed by atoms with E-state index in [-0.39, 0.29) is 17.6 Å². The lowest BCUT2D eigenvalue weighted by Crippen LogP contribution is -2.33. The summed E-state index contributed by atoms with van der Waals surface area (Å²) in [5.74, 6) is -0.664. The van der Waals surface area contributed by atoms with Gasteiger partial charge in [-0.05, 0) is 6.92 Å². The first-order chi connectivity index (χ1) is 7.66. The summed E-state index contributed by atoms with van der Waals surface area (Å²) < 4.78 is 18.6. The van der Waals surface area contributed by atoms with E-state index in [0.717, 1.165) is 0 Å². The molecule has 1 aromatic carbocycles. The van der Waals surface area contributed by atoms with Crippen LogP contribution in [0, 0.1) is 5.82 Å². The molecule has 0 aliphatic heterocycles. The molecule has 0 fully saturated rings. The van der Waals surface area contributed by atoms with Crippen LogP contribution in [0.3, 0.4) is 0 Å². The van der Waals surface area contributed by atoms with E-state index in [0.29, 0.717) is 6.54 Å². The van der Waals surface area contributed by atoms with E-state index in [1.54, 1.807) is 0 Å². The lowest BCUT2D eigenvalue weighted by atomic mass is 9.79. The molecule has 0 radical (unpaired) electrons. The van der Waals surface area contributed by atoms with Crippen LogP contribution in [0.4, 0.5) is 4.39 Å². The van der Waals surface area contributed by atoms with Gasteiger partial charge < -0.3 is 14.8 Å². The average molecular weight is 225 g/mol.